The van der Waals surface area contributed by atoms with Crippen molar-refractivity contribution in [1.82, 2.24) is 9.80 Å². The molecule has 2 fully saturated rings. The molecule has 0 amide bonds. The van der Waals surface area contributed by atoms with E-state index in [2.05, 4.69) is 30.9 Å². The zero-order chi connectivity index (χ0) is 15.2. The van der Waals surface area contributed by atoms with Crippen LogP contribution in [-0.2, 0) is 4.74 Å². The van der Waals surface area contributed by atoms with Crippen molar-refractivity contribution in [1.29, 1.82) is 0 Å². The van der Waals surface area contributed by atoms with Crippen molar-refractivity contribution in [2.45, 2.75) is 57.0 Å². The van der Waals surface area contributed by atoms with Crippen LogP contribution in [0.15, 0.2) is 0 Å². The molecular weight excluding hydrogens is 264 g/mol. The molecule has 124 valence electrons. The molecule has 0 aromatic heterocycles. The Morgan fingerprint density at radius 1 is 0.905 bits per heavy atom. The maximum Gasteiger partial charge on any atom is 0.0990 e. The fourth-order valence-electron chi connectivity index (χ4n) is 4.32. The van der Waals surface area contributed by atoms with E-state index in [9.17, 15) is 5.11 Å². The molecule has 0 aliphatic heterocycles. The van der Waals surface area contributed by atoms with Gasteiger partial charge in [-0.2, -0.15) is 0 Å². The van der Waals surface area contributed by atoms with Crippen LogP contribution in [0.3, 0.4) is 0 Å². The van der Waals surface area contributed by atoms with E-state index >= 15 is 0 Å². The average Bonchev–Trinajstić information content (AvgIpc) is 2.95. The van der Waals surface area contributed by atoms with Gasteiger partial charge in [-0.1, -0.05) is 19.3 Å². The summed E-state index contributed by atoms with van der Waals surface area (Å²) in [5.74, 6) is 1.13. The first-order valence-corrected chi connectivity index (χ1v) is 8.68. The fraction of sp³-hybridized carbons (Fsp3) is 1.00. The van der Waals surface area contributed by atoms with Gasteiger partial charge in [-0.25, -0.2) is 0 Å². The molecule has 0 radical (unpaired) electrons. The van der Waals surface area contributed by atoms with Crippen molar-refractivity contribution >= 4 is 0 Å². The van der Waals surface area contributed by atoms with Crippen LogP contribution in [0.1, 0.15) is 44.9 Å². The minimum Gasteiger partial charge on any atom is -0.396 e. The molecule has 0 heterocycles. The second-order valence-corrected chi connectivity index (χ2v) is 7.27. The summed E-state index contributed by atoms with van der Waals surface area (Å²) in [4.78, 5) is 4.67. The van der Waals surface area contributed by atoms with E-state index in [1.54, 1.807) is 0 Å². The molecule has 0 aromatic carbocycles. The molecule has 2 aliphatic carbocycles. The Morgan fingerprint density at radius 3 is 2.29 bits per heavy atom. The Morgan fingerprint density at radius 2 is 1.57 bits per heavy atom. The fourth-order valence-corrected chi connectivity index (χ4v) is 4.32. The second-order valence-electron chi connectivity index (χ2n) is 7.27. The number of nitrogens with zero attached hydrogens (tertiary/aromatic N) is 2. The summed E-state index contributed by atoms with van der Waals surface area (Å²) in [6, 6.07) is 1.19. The number of aliphatic hydroxyl groups is 1. The van der Waals surface area contributed by atoms with Crippen LogP contribution >= 0.6 is 0 Å². The van der Waals surface area contributed by atoms with E-state index in [0.717, 1.165) is 13.0 Å². The quantitative estimate of drug-likeness (QED) is 0.731. The van der Waals surface area contributed by atoms with Gasteiger partial charge in [0.15, 0.2) is 0 Å². The van der Waals surface area contributed by atoms with Gasteiger partial charge < -0.3 is 14.7 Å². The van der Waals surface area contributed by atoms with Crippen LogP contribution in [-0.4, -0.2) is 68.1 Å². The third-order valence-corrected chi connectivity index (χ3v) is 5.58. The molecule has 0 aromatic rings. The first kappa shape index (κ1) is 17.2. The third-order valence-electron chi connectivity index (χ3n) is 5.58. The molecule has 4 nitrogen and oxygen atoms in total. The SMILES string of the molecule is CN(C)C1CCCC1COCN(C)C1CCCCC1CO. The van der Waals surface area contributed by atoms with Crippen LogP contribution in [0.25, 0.3) is 0 Å². The first-order chi connectivity index (χ1) is 10.1. The maximum atomic E-state index is 9.53. The molecule has 4 atom stereocenters. The lowest BCUT2D eigenvalue weighted by molar-refractivity contribution is -0.0301. The highest BCUT2D eigenvalue weighted by molar-refractivity contribution is 4.83. The Hall–Kier alpha value is -0.160. The summed E-state index contributed by atoms with van der Waals surface area (Å²) in [6.45, 7) is 1.90. The van der Waals surface area contributed by atoms with Gasteiger partial charge in [0.05, 0.1) is 13.3 Å². The summed E-state index contributed by atoms with van der Waals surface area (Å²) < 4.78 is 6.02. The number of hydrogen-bond acceptors (Lipinski definition) is 4. The van der Waals surface area contributed by atoms with Gasteiger partial charge in [0.1, 0.15) is 0 Å². The van der Waals surface area contributed by atoms with E-state index in [4.69, 9.17) is 4.74 Å². The van der Waals surface area contributed by atoms with E-state index in [1.165, 1.54) is 38.5 Å². The Kier molecular flexibility index (Phi) is 6.93. The molecule has 0 saturated heterocycles. The van der Waals surface area contributed by atoms with Gasteiger partial charge in [-0.3, -0.25) is 4.90 Å². The topological polar surface area (TPSA) is 35.9 Å². The summed E-state index contributed by atoms with van der Waals surface area (Å²) in [5, 5.41) is 9.53. The number of ether oxygens (including phenoxy) is 1. The van der Waals surface area contributed by atoms with Crippen LogP contribution in [0, 0.1) is 11.8 Å². The highest BCUT2D eigenvalue weighted by Gasteiger charge is 2.30. The summed E-state index contributed by atoms with van der Waals surface area (Å²) >= 11 is 0. The smallest absolute Gasteiger partial charge is 0.0990 e. The third kappa shape index (κ3) is 4.65. The summed E-state index contributed by atoms with van der Waals surface area (Å²) in [7, 11) is 6.52. The summed E-state index contributed by atoms with van der Waals surface area (Å²) in [5.41, 5.74) is 0. The number of rotatable bonds is 7. The molecule has 2 saturated carbocycles. The van der Waals surface area contributed by atoms with Crippen molar-refractivity contribution in [3.63, 3.8) is 0 Å². The molecule has 0 spiro atoms. The minimum absolute atomic E-state index is 0.320. The lowest BCUT2D eigenvalue weighted by atomic mass is 9.84. The lowest BCUT2D eigenvalue weighted by Gasteiger charge is -2.37. The van der Waals surface area contributed by atoms with E-state index in [-0.39, 0.29) is 0 Å². The maximum absolute atomic E-state index is 9.53. The molecule has 4 unspecified atom stereocenters. The molecule has 2 aliphatic rings. The molecule has 21 heavy (non-hydrogen) atoms. The zero-order valence-corrected chi connectivity index (χ0v) is 14.1. The van der Waals surface area contributed by atoms with E-state index in [1.807, 2.05) is 0 Å². The monoisotopic (exact) mass is 298 g/mol. The predicted octanol–water partition coefficient (Wildman–Crippen LogP) is 2.17. The minimum atomic E-state index is 0.320. The predicted molar refractivity (Wildman–Crippen MR) is 86.2 cm³/mol. The van der Waals surface area contributed by atoms with Crippen molar-refractivity contribution < 1.29 is 9.84 Å². The van der Waals surface area contributed by atoms with Gasteiger partial charge in [-0.05, 0) is 58.7 Å². The normalized spacial score (nSPS) is 34.0. The first-order valence-electron chi connectivity index (χ1n) is 8.68. The van der Waals surface area contributed by atoms with Gasteiger partial charge in [0, 0.05) is 18.7 Å². The van der Waals surface area contributed by atoms with Gasteiger partial charge in [0.25, 0.3) is 0 Å². The highest BCUT2D eigenvalue weighted by Crippen LogP contribution is 2.30. The highest BCUT2D eigenvalue weighted by atomic mass is 16.5. The Labute approximate surface area is 130 Å². The lowest BCUT2D eigenvalue weighted by Crippen LogP contribution is -2.43. The van der Waals surface area contributed by atoms with Crippen molar-refractivity contribution in [3.05, 3.63) is 0 Å². The number of aliphatic hydroxyl groups excluding tert-OH is 1. The average molecular weight is 298 g/mol. The molecular formula is C17H34N2O2. The van der Waals surface area contributed by atoms with E-state index < -0.39 is 0 Å². The van der Waals surface area contributed by atoms with Gasteiger partial charge in [-0.15, -0.1) is 0 Å². The van der Waals surface area contributed by atoms with Crippen molar-refractivity contribution in [3.8, 4) is 0 Å². The van der Waals surface area contributed by atoms with Crippen molar-refractivity contribution in [2.75, 3.05) is 41.1 Å². The molecule has 0 bridgehead atoms. The number of hydrogen-bond donors (Lipinski definition) is 1. The van der Waals surface area contributed by atoms with Crippen LogP contribution < -0.4 is 0 Å². The van der Waals surface area contributed by atoms with Crippen LogP contribution in [0.2, 0.25) is 0 Å². The standard InChI is InChI=1S/C17H34N2O2/c1-18(2)16-10-6-8-15(16)12-21-13-19(3)17-9-5-4-7-14(17)11-20/h14-17,20H,4-13H2,1-3H3. The van der Waals surface area contributed by atoms with Crippen LogP contribution in [0.4, 0.5) is 0 Å². The van der Waals surface area contributed by atoms with Crippen molar-refractivity contribution in [2.24, 2.45) is 11.8 Å². The molecule has 1 N–H and O–H groups in total. The Bertz CT molecular complexity index is 299. The van der Waals surface area contributed by atoms with Crippen LogP contribution in [0.5, 0.6) is 0 Å². The molecule has 2 rings (SSSR count). The summed E-state index contributed by atoms with van der Waals surface area (Å²) in [6.07, 6.45) is 8.87. The van der Waals surface area contributed by atoms with Gasteiger partial charge >= 0.3 is 0 Å². The Balaban J connectivity index is 1.72. The largest absolute Gasteiger partial charge is 0.396 e. The second kappa shape index (κ2) is 8.47. The zero-order valence-electron chi connectivity index (χ0n) is 14.1. The van der Waals surface area contributed by atoms with Gasteiger partial charge in [0.2, 0.25) is 0 Å². The molecule has 4 heteroatoms. The van der Waals surface area contributed by atoms with E-state index in [0.29, 0.717) is 37.3 Å².